The van der Waals surface area contributed by atoms with E-state index in [1.165, 1.54) is 32.1 Å². The van der Waals surface area contributed by atoms with Crippen molar-refractivity contribution >= 4 is 5.97 Å². The van der Waals surface area contributed by atoms with E-state index in [0.29, 0.717) is 6.42 Å². The predicted molar refractivity (Wildman–Crippen MR) is 64.2 cm³/mol. The van der Waals surface area contributed by atoms with Crippen LogP contribution >= 0.6 is 0 Å². The molecule has 0 radical (unpaired) electrons. The number of carboxylic acids is 1. The van der Waals surface area contributed by atoms with Gasteiger partial charge < -0.3 is 5.11 Å². The molecule has 3 unspecified atom stereocenters. The lowest BCUT2D eigenvalue weighted by Gasteiger charge is -2.19. The van der Waals surface area contributed by atoms with E-state index in [1.54, 1.807) is 0 Å². The van der Waals surface area contributed by atoms with Gasteiger partial charge in [-0.05, 0) is 56.3 Å². The Kier molecular flexibility index (Phi) is 4.03. The normalized spacial score (nSPS) is 32.6. The summed E-state index contributed by atoms with van der Waals surface area (Å²) >= 11 is 0. The van der Waals surface area contributed by atoms with Crippen LogP contribution in [0, 0.1) is 17.8 Å². The molecule has 2 heteroatoms. The first kappa shape index (κ1) is 11.7. The molecule has 90 valence electrons. The first-order valence-corrected chi connectivity index (χ1v) is 6.62. The zero-order chi connectivity index (χ0) is 11.4. The highest BCUT2D eigenvalue weighted by molar-refractivity contribution is 5.66. The van der Waals surface area contributed by atoms with Gasteiger partial charge in [-0.1, -0.05) is 18.6 Å². The van der Waals surface area contributed by atoms with Crippen LogP contribution in [0.15, 0.2) is 12.2 Å². The Morgan fingerprint density at radius 2 is 2.12 bits per heavy atom. The van der Waals surface area contributed by atoms with E-state index in [2.05, 4.69) is 12.2 Å². The van der Waals surface area contributed by atoms with Crippen molar-refractivity contribution in [1.82, 2.24) is 0 Å². The van der Waals surface area contributed by atoms with Gasteiger partial charge >= 0.3 is 5.97 Å². The van der Waals surface area contributed by atoms with E-state index >= 15 is 0 Å². The van der Waals surface area contributed by atoms with Crippen molar-refractivity contribution in [1.29, 1.82) is 0 Å². The van der Waals surface area contributed by atoms with Crippen molar-refractivity contribution in [3.8, 4) is 0 Å². The molecule has 2 saturated carbocycles. The molecule has 2 nitrogen and oxygen atoms in total. The molecular weight excluding hydrogens is 200 g/mol. The van der Waals surface area contributed by atoms with Crippen LogP contribution in [0.1, 0.15) is 51.4 Å². The molecule has 0 aliphatic heterocycles. The van der Waals surface area contributed by atoms with Crippen molar-refractivity contribution < 1.29 is 9.90 Å². The van der Waals surface area contributed by atoms with Crippen LogP contribution in [-0.2, 0) is 4.79 Å². The van der Waals surface area contributed by atoms with Gasteiger partial charge in [-0.15, -0.1) is 0 Å². The summed E-state index contributed by atoms with van der Waals surface area (Å²) in [6.45, 7) is 0. The summed E-state index contributed by atoms with van der Waals surface area (Å²) in [6, 6.07) is 0. The van der Waals surface area contributed by atoms with Gasteiger partial charge in [-0.3, -0.25) is 4.79 Å². The van der Waals surface area contributed by atoms with Gasteiger partial charge in [0.1, 0.15) is 0 Å². The van der Waals surface area contributed by atoms with Crippen LogP contribution in [0.5, 0.6) is 0 Å². The number of aliphatic carboxylic acids is 1. The fourth-order valence-electron chi connectivity index (χ4n) is 3.43. The number of hydrogen-bond acceptors (Lipinski definition) is 1. The smallest absolute Gasteiger partial charge is 0.303 e. The summed E-state index contributed by atoms with van der Waals surface area (Å²) in [6.07, 6.45) is 13.6. The number of unbranched alkanes of at least 4 members (excludes halogenated alkanes) is 1. The third-order valence-corrected chi connectivity index (χ3v) is 4.25. The largest absolute Gasteiger partial charge is 0.481 e. The maximum atomic E-state index is 10.3. The Bertz CT molecular complexity index is 270. The van der Waals surface area contributed by atoms with Crippen molar-refractivity contribution in [2.75, 3.05) is 0 Å². The minimum absolute atomic E-state index is 0.304. The molecule has 3 atom stereocenters. The molecule has 1 N–H and O–H groups in total. The molecule has 0 amide bonds. The minimum Gasteiger partial charge on any atom is -0.481 e. The van der Waals surface area contributed by atoms with E-state index in [-0.39, 0.29) is 0 Å². The zero-order valence-electron chi connectivity index (χ0n) is 9.90. The van der Waals surface area contributed by atoms with E-state index in [1.807, 2.05) is 0 Å². The van der Waals surface area contributed by atoms with Gasteiger partial charge in [0, 0.05) is 6.42 Å². The van der Waals surface area contributed by atoms with Crippen molar-refractivity contribution in [2.24, 2.45) is 17.8 Å². The van der Waals surface area contributed by atoms with Gasteiger partial charge in [-0.25, -0.2) is 0 Å². The SMILES string of the molecule is O=C(O)CCC/C=C\CC1CC2CCC1C2. The number of allylic oxidation sites excluding steroid dienone is 2. The molecule has 0 heterocycles. The van der Waals surface area contributed by atoms with E-state index in [0.717, 1.165) is 30.6 Å². The third kappa shape index (κ3) is 3.10. The van der Waals surface area contributed by atoms with Crippen LogP contribution < -0.4 is 0 Å². The quantitative estimate of drug-likeness (QED) is 0.550. The summed E-state index contributed by atoms with van der Waals surface area (Å²) in [5.74, 6) is 2.31. The van der Waals surface area contributed by atoms with Crippen molar-refractivity contribution in [2.45, 2.75) is 51.4 Å². The first-order chi connectivity index (χ1) is 7.75. The van der Waals surface area contributed by atoms with Crippen LogP contribution in [0.3, 0.4) is 0 Å². The average Bonchev–Trinajstić information content (AvgIpc) is 2.84. The summed E-state index contributed by atoms with van der Waals surface area (Å²) in [5.41, 5.74) is 0. The topological polar surface area (TPSA) is 37.3 Å². The molecule has 0 aromatic rings. The Balaban J connectivity index is 1.57. The predicted octanol–water partition coefficient (Wildman–Crippen LogP) is 3.62. The number of hydrogen-bond donors (Lipinski definition) is 1. The van der Waals surface area contributed by atoms with Gasteiger partial charge in [0.05, 0.1) is 0 Å². The van der Waals surface area contributed by atoms with Crippen molar-refractivity contribution in [3.05, 3.63) is 12.2 Å². The van der Waals surface area contributed by atoms with E-state index < -0.39 is 5.97 Å². The zero-order valence-corrected chi connectivity index (χ0v) is 9.90. The maximum absolute atomic E-state index is 10.3. The summed E-state index contributed by atoms with van der Waals surface area (Å²) < 4.78 is 0. The maximum Gasteiger partial charge on any atom is 0.303 e. The van der Waals surface area contributed by atoms with Gasteiger partial charge in [-0.2, -0.15) is 0 Å². The van der Waals surface area contributed by atoms with Crippen LogP contribution in [0.4, 0.5) is 0 Å². The van der Waals surface area contributed by atoms with Gasteiger partial charge in [0.15, 0.2) is 0 Å². The molecular formula is C14H22O2. The fourth-order valence-corrected chi connectivity index (χ4v) is 3.43. The molecule has 0 spiro atoms. The Hall–Kier alpha value is -0.790. The summed E-state index contributed by atoms with van der Waals surface area (Å²) in [5, 5.41) is 8.49. The lowest BCUT2D eigenvalue weighted by molar-refractivity contribution is -0.137. The Morgan fingerprint density at radius 3 is 2.75 bits per heavy atom. The second-order valence-corrected chi connectivity index (χ2v) is 5.43. The fraction of sp³-hybridized carbons (Fsp3) is 0.786. The minimum atomic E-state index is -0.679. The van der Waals surface area contributed by atoms with E-state index in [4.69, 9.17) is 5.11 Å². The summed E-state index contributed by atoms with van der Waals surface area (Å²) in [7, 11) is 0. The highest BCUT2D eigenvalue weighted by atomic mass is 16.4. The monoisotopic (exact) mass is 222 g/mol. The first-order valence-electron chi connectivity index (χ1n) is 6.62. The lowest BCUT2D eigenvalue weighted by atomic mass is 9.86. The standard InChI is InChI=1S/C14H22O2/c15-14(16)6-4-2-1-3-5-12-9-11-7-8-13(12)10-11/h1,3,11-13H,2,4-10H2,(H,15,16)/b3-1-. The molecule has 0 aromatic carbocycles. The number of carboxylic acid groups (broad SMARTS) is 1. The molecule has 0 saturated heterocycles. The Morgan fingerprint density at radius 1 is 1.25 bits per heavy atom. The second kappa shape index (κ2) is 5.51. The van der Waals surface area contributed by atoms with Crippen LogP contribution in [0.2, 0.25) is 0 Å². The summed E-state index contributed by atoms with van der Waals surface area (Å²) in [4.78, 5) is 10.3. The van der Waals surface area contributed by atoms with Crippen LogP contribution in [-0.4, -0.2) is 11.1 Å². The van der Waals surface area contributed by atoms with Gasteiger partial charge in [0.2, 0.25) is 0 Å². The molecule has 2 rings (SSSR count). The molecule has 2 aliphatic carbocycles. The third-order valence-electron chi connectivity index (χ3n) is 4.25. The average molecular weight is 222 g/mol. The molecule has 2 aliphatic rings. The molecule has 2 fully saturated rings. The number of carbonyl (C=O) groups is 1. The van der Waals surface area contributed by atoms with Crippen molar-refractivity contribution in [3.63, 3.8) is 0 Å². The Labute approximate surface area is 97.7 Å². The highest BCUT2D eigenvalue weighted by Crippen LogP contribution is 2.49. The molecule has 2 bridgehead atoms. The number of fused-ring (bicyclic) bond motifs is 2. The molecule has 16 heavy (non-hydrogen) atoms. The molecule has 0 aromatic heterocycles. The van der Waals surface area contributed by atoms with Crippen LogP contribution in [0.25, 0.3) is 0 Å². The van der Waals surface area contributed by atoms with E-state index in [9.17, 15) is 4.79 Å². The lowest BCUT2D eigenvalue weighted by Crippen LogP contribution is -2.08. The second-order valence-electron chi connectivity index (χ2n) is 5.43. The highest BCUT2D eigenvalue weighted by Gasteiger charge is 2.38. The number of rotatable bonds is 6. The van der Waals surface area contributed by atoms with Gasteiger partial charge in [0.25, 0.3) is 0 Å².